The molecule has 2 aromatic heterocycles. The van der Waals surface area contributed by atoms with Crippen molar-refractivity contribution in [2.45, 2.75) is 31.5 Å². The van der Waals surface area contributed by atoms with Crippen LogP contribution in [0.4, 0.5) is 19.0 Å². The number of pyridine rings is 1. The Balaban J connectivity index is 1.66. The fourth-order valence-electron chi connectivity index (χ4n) is 1.72. The number of hydrogen-bond donors (Lipinski definition) is 1. The van der Waals surface area contributed by atoms with Gasteiger partial charge in [-0.25, -0.2) is 4.98 Å². The molecule has 21 heavy (non-hydrogen) atoms. The molecule has 0 radical (unpaired) electrons. The fraction of sp³-hybridized carbons (Fsp3) is 0.417. The smallest absolute Gasteiger partial charge is 0.417 e. The summed E-state index contributed by atoms with van der Waals surface area (Å²) in [7, 11) is 0. The maximum atomic E-state index is 12.5. The molecule has 2 aromatic rings. The number of hydrogen-bond acceptors (Lipinski definition) is 5. The molecule has 0 saturated heterocycles. The van der Waals surface area contributed by atoms with Crippen molar-refractivity contribution in [2.75, 3.05) is 5.32 Å². The maximum absolute atomic E-state index is 12.5. The van der Waals surface area contributed by atoms with Crippen LogP contribution in [-0.2, 0) is 12.7 Å². The van der Waals surface area contributed by atoms with Gasteiger partial charge in [0.15, 0.2) is 0 Å². The zero-order valence-electron chi connectivity index (χ0n) is 10.6. The number of nitrogens with zero attached hydrogens (tertiary/aromatic N) is 3. The molecule has 1 aliphatic carbocycles. The second kappa shape index (κ2) is 5.18. The first-order chi connectivity index (χ1) is 9.93. The summed E-state index contributed by atoms with van der Waals surface area (Å²) in [6.07, 6.45) is -1.67. The van der Waals surface area contributed by atoms with E-state index in [4.69, 9.17) is 16.0 Å². The summed E-state index contributed by atoms with van der Waals surface area (Å²) in [5.41, 5.74) is -0.896. The van der Waals surface area contributed by atoms with Crippen LogP contribution in [0.2, 0.25) is 5.02 Å². The third-order valence-corrected chi connectivity index (χ3v) is 3.27. The molecule has 1 fully saturated rings. The van der Waals surface area contributed by atoms with Crippen LogP contribution in [0.5, 0.6) is 0 Å². The third kappa shape index (κ3) is 3.26. The molecule has 0 spiro atoms. The summed E-state index contributed by atoms with van der Waals surface area (Å²) in [5, 5.41) is 10.4. The number of halogens is 4. The Hall–Kier alpha value is -1.83. The normalized spacial score (nSPS) is 15.2. The van der Waals surface area contributed by atoms with Crippen LogP contribution >= 0.6 is 11.6 Å². The van der Waals surface area contributed by atoms with E-state index >= 15 is 0 Å². The number of anilines is 1. The van der Waals surface area contributed by atoms with Gasteiger partial charge in [0, 0.05) is 12.1 Å². The summed E-state index contributed by atoms with van der Waals surface area (Å²) in [4.78, 5) is 3.66. The van der Waals surface area contributed by atoms with Gasteiger partial charge >= 0.3 is 6.18 Å². The summed E-state index contributed by atoms with van der Waals surface area (Å²) in [6, 6.07) is 0.820. The van der Waals surface area contributed by atoms with Gasteiger partial charge in [-0.15, -0.1) is 10.2 Å². The van der Waals surface area contributed by atoms with Crippen molar-refractivity contribution in [2.24, 2.45) is 0 Å². The Bertz CT molecular complexity index is 654. The van der Waals surface area contributed by atoms with Crippen molar-refractivity contribution in [1.29, 1.82) is 0 Å². The first-order valence-electron chi connectivity index (χ1n) is 6.22. The predicted octanol–water partition coefficient (Wildman–Crippen LogP) is 3.63. The van der Waals surface area contributed by atoms with Gasteiger partial charge in [-0.2, -0.15) is 13.2 Å². The van der Waals surface area contributed by atoms with Gasteiger partial charge in [0.25, 0.3) is 0 Å². The lowest BCUT2D eigenvalue weighted by molar-refractivity contribution is -0.137. The van der Waals surface area contributed by atoms with E-state index in [0.29, 0.717) is 17.7 Å². The maximum Gasteiger partial charge on any atom is 0.417 e. The van der Waals surface area contributed by atoms with Crippen molar-refractivity contribution < 1.29 is 17.6 Å². The van der Waals surface area contributed by atoms with Gasteiger partial charge < -0.3 is 9.73 Å². The molecular weight excluding hydrogens is 309 g/mol. The average molecular weight is 319 g/mol. The fourth-order valence-corrected chi connectivity index (χ4v) is 1.95. The number of alkyl halides is 3. The van der Waals surface area contributed by atoms with E-state index in [1.165, 1.54) is 0 Å². The minimum Gasteiger partial charge on any atom is -0.423 e. The van der Waals surface area contributed by atoms with Gasteiger partial charge in [-0.05, 0) is 18.9 Å². The molecule has 5 nitrogen and oxygen atoms in total. The van der Waals surface area contributed by atoms with E-state index in [1.54, 1.807) is 0 Å². The summed E-state index contributed by atoms with van der Waals surface area (Å²) in [5.74, 6) is 1.42. The van der Waals surface area contributed by atoms with Gasteiger partial charge in [-0.3, -0.25) is 0 Å². The minimum atomic E-state index is -4.47. The first-order valence-corrected chi connectivity index (χ1v) is 6.60. The molecule has 0 bridgehead atoms. The summed E-state index contributed by atoms with van der Waals surface area (Å²) in [6.45, 7) is 0.151. The molecule has 1 aliphatic rings. The van der Waals surface area contributed by atoms with Gasteiger partial charge in [0.05, 0.1) is 17.1 Å². The highest BCUT2D eigenvalue weighted by Gasteiger charge is 2.32. The topological polar surface area (TPSA) is 63.8 Å². The Labute approximate surface area is 122 Å². The molecule has 0 atom stereocenters. The van der Waals surface area contributed by atoms with Crippen LogP contribution in [0.15, 0.2) is 16.7 Å². The molecule has 0 amide bonds. The summed E-state index contributed by atoms with van der Waals surface area (Å²) >= 11 is 5.78. The molecule has 1 N–H and O–H groups in total. The number of aromatic nitrogens is 3. The van der Waals surface area contributed by atoms with Gasteiger partial charge in [0.1, 0.15) is 5.82 Å². The number of rotatable bonds is 4. The second-order valence-electron chi connectivity index (χ2n) is 4.71. The Morgan fingerprint density at radius 1 is 1.33 bits per heavy atom. The first kappa shape index (κ1) is 14.1. The van der Waals surface area contributed by atoms with E-state index in [2.05, 4.69) is 20.5 Å². The van der Waals surface area contributed by atoms with Crippen molar-refractivity contribution >= 4 is 17.4 Å². The molecular formula is C12H10ClF3N4O. The van der Waals surface area contributed by atoms with Crippen LogP contribution in [0.25, 0.3) is 0 Å². The van der Waals surface area contributed by atoms with Gasteiger partial charge in [0.2, 0.25) is 11.8 Å². The van der Waals surface area contributed by atoms with E-state index in [-0.39, 0.29) is 17.4 Å². The lowest BCUT2D eigenvalue weighted by Gasteiger charge is -2.09. The van der Waals surface area contributed by atoms with Crippen LogP contribution in [-0.4, -0.2) is 15.2 Å². The van der Waals surface area contributed by atoms with E-state index in [0.717, 1.165) is 25.1 Å². The standard InChI is InChI=1S/C12H10ClF3N4O/c13-8-3-7(12(14,15)16)4-17-10(8)18-5-9-19-20-11(21-9)6-1-2-6/h3-4,6H,1-2,5H2,(H,17,18). The van der Waals surface area contributed by atoms with E-state index in [9.17, 15) is 13.2 Å². The van der Waals surface area contributed by atoms with Crippen LogP contribution in [0, 0.1) is 0 Å². The van der Waals surface area contributed by atoms with Crippen molar-refractivity contribution in [3.8, 4) is 0 Å². The van der Waals surface area contributed by atoms with Crippen molar-refractivity contribution in [1.82, 2.24) is 15.2 Å². The lowest BCUT2D eigenvalue weighted by atomic mass is 10.3. The molecule has 0 aromatic carbocycles. The van der Waals surface area contributed by atoms with Crippen LogP contribution < -0.4 is 5.32 Å². The Kier molecular flexibility index (Phi) is 3.48. The molecule has 1 saturated carbocycles. The lowest BCUT2D eigenvalue weighted by Crippen LogP contribution is -2.08. The molecule has 0 aliphatic heterocycles. The zero-order valence-corrected chi connectivity index (χ0v) is 11.4. The molecule has 112 valence electrons. The van der Waals surface area contributed by atoms with Crippen molar-refractivity contribution in [3.63, 3.8) is 0 Å². The minimum absolute atomic E-state index is 0.119. The SMILES string of the molecule is FC(F)(F)c1cnc(NCc2nnc(C3CC3)o2)c(Cl)c1. The molecule has 9 heteroatoms. The largest absolute Gasteiger partial charge is 0.423 e. The second-order valence-corrected chi connectivity index (χ2v) is 5.12. The van der Waals surface area contributed by atoms with Crippen LogP contribution in [0.1, 0.15) is 36.1 Å². The predicted molar refractivity (Wildman–Crippen MR) is 67.8 cm³/mol. The average Bonchev–Trinajstić information content (AvgIpc) is 3.16. The monoisotopic (exact) mass is 318 g/mol. The number of nitrogens with one attached hydrogen (secondary N) is 1. The van der Waals surface area contributed by atoms with E-state index in [1.807, 2.05) is 0 Å². The molecule has 2 heterocycles. The quantitative estimate of drug-likeness (QED) is 0.932. The Morgan fingerprint density at radius 3 is 2.71 bits per heavy atom. The zero-order chi connectivity index (χ0) is 15.0. The Morgan fingerprint density at radius 2 is 2.10 bits per heavy atom. The van der Waals surface area contributed by atoms with Gasteiger partial charge in [-0.1, -0.05) is 11.6 Å². The highest BCUT2D eigenvalue weighted by molar-refractivity contribution is 6.32. The third-order valence-electron chi connectivity index (χ3n) is 2.98. The van der Waals surface area contributed by atoms with Crippen molar-refractivity contribution in [3.05, 3.63) is 34.6 Å². The van der Waals surface area contributed by atoms with E-state index < -0.39 is 11.7 Å². The highest BCUT2D eigenvalue weighted by Crippen LogP contribution is 2.39. The highest BCUT2D eigenvalue weighted by atomic mass is 35.5. The summed E-state index contributed by atoms with van der Waals surface area (Å²) < 4.78 is 42.9. The molecule has 0 unspecified atom stereocenters. The van der Waals surface area contributed by atoms with Crippen LogP contribution in [0.3, 0.4) is 0 Å². The molecule has 3 rings (SSSR count).